The molecule has 0 bridgehead atoms. The summed E-state index contributed by atoms with van der Waals surface area (Å²) in [5, 5.41) is 8.92. The molecular weight excluding hydrogens is 232 g/mol. The fraction of sp³-hybridized carbons (Fsp3) is 0.462. The fourth-order valence-electron chi connectivity index (χ4n) is 2.47. The lowest BCUT2D eigenvalue weighted by Gasteiger charge is -2.24. The zero-order chi connectivity index (χ0) is 13.1. The van der Waals surface area contributed by atoms with Crippen LogP contribution < -0.4 is 5.56 Å². The largest absolute Gasteiger partial charge is 0.477 e. The predicted molar refractivity (Wildman–Crippen MR) is 65.6 cm³/mol. The number of rotatable bonds is 2. The molecule has 1 aromatic heterocycles. The molecule has 1 aromatic rings. The highest BCUT2D eigenvalue weighted by atomic mass is 16.4. The van der Waals surface area contributed by atoms with Gasteiger partial charge in [-0.1, -0.05) is 0 Å². The van der Waals surface area contributed by atoms with Gasteiger partial charge in [0.2, 0.25) is 6.04 Å². The third-order valence-electron chi connectivity index (χ3n) is 3.40. The van der Waals surface area contributed by atoms with E-state index in [9.17, 15) is 9.59 Å². The third kappa shape index (κ3) is 2.28. The Morgan fingerprint density at radius 1 is 1.50 bits per heavy atom. The van der Waals surface area contributed by atoms with E-state index in [1.807, 2.05) is 0 Å². The smallest absolute Gasteiger partial charge is 0.341 e. The van der Waals surface area contributed by atoms with Gasteiger partial charge in [0.25, 0.3) is 5.56 Å². The van der Waals surface area contributed by atoms with Gasteiger partial charge >= 0.3 is 5.97 Å². The van der Waals surface area contributed by atoms with E-state index < -0.39 is 11.5 Å². The average Bonchev–Trinajstić information content (AvgIpc) is 2.38. The Bertz CT molecular complexity index is 556. The molecular formula is C13H14N2O3. The van der Waals surface area contributed by atoms with Crippen LogP contribution in [0.1, 0.15) is 42.1 Å². The van der Waals surface area contributed by atoms with Gasteiger partial charge in [0.15, 0.2) is 0 Å². The van der Waals surface area contributed by atoms with Crippen LogP contribution in [0.5, 0.6) is 0 Å². The number of carboxylic acids is 1. The monoisotopic (exact) mass is 246 g/mol. The molecule has 1 aliphatic carbocycles. The summed E-state index contributed by atoms with van der Waals surface area (Å²) in [5.74, 6) is -1.20. The summed E-state index contributed by atoms with van der Waals surface area (Å²) >= 11 is 0. The van der Waals surface area contributed by atoms with Crippen LogP contribution in [0, 0.1) is 6.57 Å². The van der Waals surface area contributed by atoms with E-state index in [0.717, 1.165) is 19.3 Å². The maximum atomic E-state index is 12.0. The van der Waals surface area contributed by atoms with Crippen molar-refractivity contribution in [1.82, 2.24) is 4.57 Å². The van der Waals surface area contributed by atoms with E-state index in [1.54, 1.807) is 12.3 Å². The van der Waals surface area contributed by atoms with E-state index >= 15 is 0 Å². The Balaban J connectivity index is 2.34. The molecule has 1 heterocycles. The van der Waals surface area contributed by atoms with Gasteiger partial charge in [-0.3, -0.25) is 4.79 Å². The van der Waals surface area contributed by atoms with E-state index in [1.165, 1.54) is 10.6 Å². The van der Waals surface area contributed by atoms with Crippen LogP contribution in [-0.2, 0) is 0 Å². The molecule has 94 valence electrons. The van der Waals surface area contributed by atoms with Crippen LogP contribution in [0.25, 0.3) is 4.85 Å². The Kier molecular flexibility index (Phi) is 3.47. The molecule has 1 fully saturated rings. The second-order valence-electron chi connectivity index (χ2n) is 4.54. The quantitative estimate of drug-likeness (QED) is 0.811. The van der Waals surface area contributed by atoms with Crippen LogP contribution >= 0.6 is 0 Å². The number of hydrogen-bond acceptors (Lipinski definition) is 2. The topological polar surface area (TPSA) is 63.7 Å². The van der Waals surface area contributed by atoms with Gasteiger partial charge in [0.1, 0.15) is 5.56 Å². The molecule has 0 radical (unpaired) electrons. The van der Waals surface area contributed by atoms with Gasteiger partial charge in [-0.2, -0.15) is 0 Å². The highest BCUT2D eigenvalue weighted by Crippen LogP contribution is 2.29. The number of aromatic carboxylic acids is 1. The Morgan fingerprint density at radius 2 is 2.28 bits per heavy atom. The molecule has 2 rings (SSSR count). The number of hydrogen-bond donors (Lipinski definition) is 1. The minimum Gasteiger partial charge on any atom is -0.477 e. The summed E-state index contributed by atoms with van der Waals surface area (Å²) in [4.78, 5) is 26.5. The number of aromatic nitrogens is 1. The van der Waals surface area contributed by atoms with E-state index in [-0.39, 0.29) is 17.6 Å². The first kappa shape index (κ1) is 12.4. The summed E-state index contributed by atoms with van der Waals surface area (Å²) in [6.07, 6.45) is 4.85. The van der Waals surface area contributed by atoms with Gasteiger partial charge in [-0.25, -0.2) is 11.4 Å². The van der Waals surface area contributed by atoms with Crippen molar-refractivity contribution in [3.8, 4) is 0 Å². The van der Waals surface area contributed by atoms with Crippen molar-refractivity contribution in [1.29, 1.82) is 0 Å². The van der Waals surface area contributed by atoms with E-state index in [0.29, 0.717) is 6.42 Å². The molecule has 1 N–H and O–H groups in total. The Hall–Kier alpha value is -2.09. The maximum absolute atomic E-state index is 12.0. The zero-order valence-corrected chi connectivity index (χ0v) is 9.87. The molecule has 5 nitrogen and oxygen atoms in total. The van der Waals surface area contributed by atoms with Crippen LogP contribution in [-0.4, -0.2) is 21.7 Å². The molecule has 0 aromatic carbocycles. The van der Waals surface area contributed by atoms with Crippen molar-refractivity contribution in [2.24, 2.45) is 0 Å². The van der Waals surface area contributed by atoms with E-state index in [2.05, 4.69) is 4.85 Å². The summed E-state index contributed by atoms with van der Waals surface area (Å²) < 4.78 is 1.47. The molecule has 2 atom stereocenters. The molecule has 0 aliphatic heterocycles. The highest BCUT2D eigenvalue weighted by molar-refractivity contribution is 5.86. The first-order valence-corrected chi connectivity index (χ1v) is 5.94. The maximum Gasteiger partial charge on any atom is 0.341 e. The summed E-state index contributed by atoms with van der Waals surface area (Å²) in [7, 11) is 0. The van der Waals surface area contributed by atoms with Crippen LogP contribution in [0.4, 0.5) is 0 Å². The number of nitrogens with zero attached hydrogens (tertiary/aromatic N) is 2. The van der Waals surface area contributed by atoms with Crippen LogP contribution in [0.2, 0.25) is 0 Å². The standard InChI is InChI=1S/C13H14N2O3/c1-14-9-4-2-5-10(8-9)15-7-3-6-11(12(15)16)13(17)18/h3,6-7,9-10H,2,4-5,8H2,(H,17,18)/t9-,10?/m1/s1. The van der Waals surface area contributed by atoms with Crippen molar-refractivity contribution >= 4 is 5.97 Å². The zero-order valence-electron chi connectivity index (χ0n) is 9.87. The van der Waals surface area contributed by atoms with Crippen molar-refractivity contribution in [2.75, 3.05) is 0 Å². The Labute approximate surface area is 104 Å². The molecule has 0 saturated heterocycles. The third-order valence-corrected chi connectivity index (χ3v) is 3.40. The molecule has 0 amide bonds. The Morgan fingerprint density at radius 3 is 2.94 bits per heavy atom. The number of carbonyl (C=O) groups is 1. The van der Waals surface area contributed by atoms with Gasteiger partial charge in [-0.05, 0) is 25.0 Å². The molecule has 1 unspecified atom stereocenters. The summed E-state index contributed by atoms with van der Waals surface area (Å²) in [6, 6.07) is 2.79. The minimum absolute atomic E-state index is 0.0513. The molecule has 0 spiro atoms. The molecule has 18 heavy (non-hydrogen) atoms. The SMILES string of the molecule is [C-]#[N+][C@@H]1CCCC(n2cccc(C(=O)O)c2=O)C1. The van der Waals surface area contributed by atoms with Crippen molar-refractivity contribution in [2.45, 2.75) is 37.8 Å². The lowest BCUT2D eigenvalue weighted by molar-refractivity contribution is 0.0694. The van der Waals surface area contributed by atoms with E-state index in [4.69, 9.17) is 11.7 Å². The first-order chi connectivity index (χ1) is 8.63. The first-order valence-electron chi connectivity index (χ1n) is 5.94. The van der Waals surface area contributed by atoms with Crippen LogP contribution in [0.15, 0.2) is 23.1 Å². The molecule has 1 saturated carbocycles. The summed E-state index contributed by atoms with van der Waals surface area (Å²) in [5.41, 5.74) is -0.678. The lowest BCUT2D eigenvalue weighted by atomic mass is 9.91. The molecule has 1 aliphatic rings. The fourth-order valence-corrected chi connectivity index (χ4v) is 2.47. The number of carboxylic acid groups (broad SMARTS) is 1. The minimum atomic E-state index is -1.20. The molecule has 5 heteroatoms. The van der Waals surface area contributed by atoms with Gasteiger partial charge in [0, 0.05) is 25.1 Å². The van der Waals surface area contributed by atoms with Crippen molar-refractivity contribution in [3.05, 3.63) is 45.7 Å². The normalized spacial score (nSPS) is 23.3. The predicted octanol–water partition coefficient (Wildman–Crippen LogP) is 1.95. The van der Waals surface area contributed by atoms with Crippen molar-refractivity contribution in [3.63, 3.8) is 0 Å². The lowest BCUT2D eigenvalue weighted by Crippen LogP contribution is -2.32. The van der Waals surface area contributed by atoms with Gasteiger partial charge < -0.3 is 14.5 Å². The summed E-state index contributed by atoms with van der Waals surface area (Å²) in [6.45, 7) is 7.06. The number of pyridine rings is 1. The second-order valence-corrected chi connectivity index (χ2v) is 4.54. The second kappa shape index (κ2) is 5.05. The van der Waals surface area contributed by atoms with Gasteiger partial charge in [0.05, 0.1) is 0 Å². The highest BCUT2D eigenvalue weighted by Gasteiger charge is 2.27. The van der Waals surface area contributed by atoms with Crippen molar-refractivity contribution < 1.29 is 9.90 Å². The van der Waals surface area contributed by atoms with Crippen LogP contribution in [0.3, 0.4) is 0 Å². The van der Waals surface area contributed by atoms with Gasteiger partial charge in [-0.15, -0.1) is 0 Å². The average molecular weight is 246 g/mol.